The maximum absolute atomic E-state index is 11.0. The van der Waals surface area contributed by atoms with E-state index in [4.69, 9.17) is 15.2 Å². The molecule has 1 aromatic heterocycles. The van der Waals surface area contributed by atoms with Crippen LogP contribution in [0.25, 0.3) is 0 Å². The Balaban J connectivity index is 1.79. The third-order valence-corrected chi connectivity index (χ3v) is 4.36. The van der Waals surface area contributed by atoms with Crippen molar-refractivity contribution in [3.05, 3.63) is 23.8 Å². The molecule has 136 valence electrons. The van der Waals surface area contributed by atoms with Crippen molar-refractivity contribution >= 4 is 17.7 Å². The summed E-state index contributed by atoms with van der Waals surface area (Å²) in [6, 6.07) is 5.58. The normalized spacial score (nSPS) is 10.6. The number of thioether (sulfide) groups is 1. The zero-order chi connectivity index (χ0) is 18.1. The van der Waals surface area contributed by atoms with Crippen LogP contribution in [0, 0.1) is 0 Å². The first-order valence-electron chi connectivity index (χ1n) is 7.74. The Morgan fingerprint density at radius 3 is 2.96 bits per heavy atom. The van der Waals surface area contributed by atoms with Crippen LogP contribution in [-0.2, 0) is 18.4 Å². The minimum absolute atomic E-state index is 0.185. The molecule has 1 amide bonds. The number of aryl methyl sites for hydroxylation is 1. The van der Waals surface area contributed by atoms with E-state index >= 15 is 0 Å². The molecule has 0 spiro atoms. The molecule has 0 saturated carbocycles. The summed E-state index contributed by atoms with van der Waals surface area (Å²) in [6.07, 6.45) is 0.957. The molecule has 0 radical (unpaired) electrons. The van der Waals surface area contributed by atoms with E-state index in [1.807, 2.05) is 19.2 Å². The molecule has 2 aromatic rings. The molecule has 0 aliphatic carbocycles. The third-order valence-electron chi connectivity index (χ3n) is 3.26. The molecular weight excluding hydrogens is 344 g/mol. The lowest BCUT2D eigenvalue weighted by atomic mass is 10.2. The highest BCUT2D eigenvalue weighted by Gasteiger charge is 2.11. The minimum Gasteiger partial charge on any atom is -0.493 e. The highest BCUT2D eigenvalue weighted by atomic mass is 32.2. The van der Waals surface area contributed by atoms with E-state index in [-0.39, 0.29) is 6.61 Å². The van der Waals surface area contributed by atoms with Gasteiger partial charge in [0.2, 0.25) is 5.16 Å². The molecule has 0 aliphatic rings. The number of benzene rings is 1. The van der Waals surface area contributed by atoms with Gasteiger partial charge in [0.05, 0.1) is 7.11 Å². The van der Waals surface area contributed by atoms with Gasteiger partial charge in [-0.15, -0.1) is 5.10 Å². The zero-order valence-corrected chi connectivity index (χ0v) is 15.1. The Kier molecular flexibility index (Phi) is 7.48. The molecule has 0 aliphatic heterocycles. The SMILES string of the molecule is COc1cccc(CNCCCSc2nnnn2C)c1OCC(N)=O. The van der Waals surface area contributed by atoms with Crippen molar-refractivity contribution in [2.24, 2.45) is 12.8 Å². The summed E-state index contributed by atoms with van der Waals surface area (Å²) in [5.74, 6) is 1.49. The Morgan fingerprint density at radius 2 is 2.28 bits per heavy atom. The van der Waals surface area contributed by atoms with Crippen LogP contribution in [0.4, 0.5) is 0 Å². The third kappa shape index (κ3) is 5.91. The highest BCUT2D eigenvalue weighted by Crippen LogP contribution is 2.31. The number of carbonyl (C=O) groups is 1. The number of para-hydroxylation sites is 1. The van der Waals surface area contributed by atoms with Gasteiger partial charge >= 0.3 is 0 Å². The van der Waals surface area contributed by atoms with Crippen molar-refractivity contribution in [3.63, 3.8) is 0 Å². The lowest BCUT2D eigenvalue weighted by molar-refractivity contribution is -0.119. The molecule has 0 atom stereocenters. The van der Waals surface area contributed by atoms with Crippen LogP contribution in [0.15, 0.2) is 23.4 Å². The zero-order valence-electron chi connectivity index (χ0n) is 14.3. The van der Waals surface area contributed by atoms with Crippen molar-refractivity contribution in [1.82, 2.24) is 25.5 Å². The lowest BCUT2D eigenvalue weighted by Gasteiger charge is -2.14. The van der Waals surface area contributed by atoms with E-state index in [9.17, 15) is 4.79 Å². The molecular formula is C15H22N6O3S. The first-order chi connectivity index (χ1) is 12.1. The molecule has 25 heavy (non-hydrogen) atoms. The molecule has 1 heterocycles. The van der Waals surface area contributed by atoms with E-state index in [0.29, 0.717) is 18.0 Å². The number of hydrogen-bond acceptors (Lipinski definition) is 8. The maximum atomic E-state index is 11.0. The predicted octanol–water partition coefficient (Wildman–Crippen LogP) is 0.355. The van der Waals surface area contributed by atoms with Crippen molar-refractivity contribution in [3.8, 4) is 11.5 Å². The van der Waals surface area contributed by atoms with E-state index < -0.39 is 5.91 Å². The van der Waals surface area contributed by atoms with Crippen molar-refractivity contribution in [2.75, 3.05) is 26.0 Å². The van der Waals surface area contributed by atoms with Gasteiger partial charge in [0.1, 0.15) is 0 Å². The van der Waals surface area contributed by atoms with Gasteiger partial charge in [-0.2, -0.15) is 0 Å². The van der Waals surface area contributed by atoms with Gasteiger partial charge in [-0.05, 0) is 29.5 Å². The van der Waals surface area contributed by atoms with E-state index in [0.717, 1.165) is 29.4 Å². The number of primary amides is 1. The van der Waals surface area contributed by atoms with E-state index in [2.05, 4.69) is 20.8 Å². The number of nitrogens with one attached hydrogen (secondary N) is 1. The number of ether oxygens (including phenoxy) is 2. The summed E-state index contributed by atoms with van der Waals surface area (Å²) in [5.41, 5.74) is 6.06. The fourth-order valence-corrected chi connectivity index (χ4v) is 2.88. The first kappa shape index (κ1) is 19.0. The molecule has 9 nitrogen and oxygen atoms in total. The van der Waals surface area contributed by atoms with Crippen LogP contribution in [0.2, 0.25) is 0 Å². The second-order valence-electron chi connectivity index (χ2n) is 5.17. The summed E-state index contributed by atoms with van der Waals surface area (Å²) in [7, 11) is 3.37. The van der Waals surface area contributed by atoms with Gasteiger partial charge < -0.3 is 20.5 Å². The van der Waals surface area contributed by atoms with Gasteiger partial charge in [-0.1, -0.05) is 23.9 Å². The fraction of sp³-hybridized carbons (Fsp3) is 0.467. The number of nitrogens with two attached hydrogens (primary N) is 1. The lowest BCUT2D eigenvalue weighted by Crippen LogP contribution is -2.21. The van der Waals surface area contributed by atoms with Crippen LogP contribution < -0.4 is 20.5 Å². The van der Waals surface area contributed by atoms with Crippen LogP contribution in [0.5, 0.6) is 11.5 Å². The molecule has 1 aromatic carbocycles. The number of hydrogen-bond donors (Lipinski definition) is 2. The first-order valence-corrected chi connectivity index (χ1v) is 8.73. The van der Waals surface area contributed by atoms with Crippen molar-refractivity contribution in [1.29, 1.82) is 0 Å². The van der Waals surface area contributed by atoms with Crippen LogP contribution in [0.3, 0.4) is 0 Å². The summed E-state index contributed by atoms with van der Waals surface area (Å²) >= 11 is 1.61. The smallest absolute Gasteiger partial charge is 0.255 e. The van der Waals surface area contributed by atoms with Gasteiger partial charge in [0, 0.05) is 24.9 Å². The van der Waals surface area contributed by atoms with Gasteiger partial charge in [0.15, 0.2) is 18.1 Å². The van der Waals surface area contributed by atoms with Gasteiger partial charge in [0.25, 0.3) is 5.91 Å². The average molecular weight is 366 g/mol. The highest BCUT2D eigenvalue weighted by molar-refractivity contribution is 7.99. The number of aromatic nitrogens is 4. The van der Waals surface area contributed by atoms with Crippen molar-refractivity contribution in [2.45, 2.75) is 18.1 Å². The fourth-order valence-electron chi connectivity index (χ4n) is 2.10. The van der Waals surface area contributed by atoms with Gasteiger partial charge in [-0.3, -0.25) is 4.79 Å². The standard InChI is InChI=1S/C15H22N6O3S/c1-21-15(18-19-20-21)25-8-4-7-17-9-11-5-3-6-12(23-2)14(11)24-10-13(16)22/h3,5-6,17H,4,7-10H2,1-2H3,(H2,16,22). The largest absolute Gasteiger partial charge is 0.493 e. The number of nitrogens with zero attached hydrogens (tertiary/aromatic N) is 4. The van der Waals surface area contributed by atoms with Crippen molar-refractivity contribution < 1.29 is 14.3 Å². The summed E-state index contributed by atoms with van der Waals surface area (Å²) in [4.78, 5) is 11.0. The Hall–Kier alpha value is -2.33. The summed E-state index contributed by atoms with van der Waals surface area (Å²) < 4.78 is 12.4. The van der Waals surface area contributed by atoms with E-state index in [1.165, 1.54) is 0 Å². The Bertz CT molecular complexity index is 694. The summed E-state index contributed by atoms with van der Waals surface area (Å²) in [6.45, 7) is 1.24. The van der Waals surface area contributed by atoms with Crippen LogP contribution in [-0.4, -0.2) is 52.1 Å². The minimum atomic E-state index is -0.528. The quantitative estimate of drug-likeness (QED) is 0.432. The molecule has 10 heteroatoms. The predicted molar refractivity (Wildman–Crippen MR) is 93.5 cm³/mol. The topological polar surface area (TPSA) is 117 Å². The number of rotatable bonds is 11. The van der Waals surface area contributed by atoms with Crippen LogP contribution >= 0.6 is 11.8 Å². The summed E-state index contributed by atoms with van der Waals surface area (Å²) in [5, 5.41) is 15.5. The Labute approximate surface area is 150 Å². The Morgan fingerprint density at radius 1 is 1.44 bits per heavy atom. The monoisotopic (exact) mass is 366 g/mol. The molecule has 3 N–H and O–H groups in total. The molecule has 0 saturated heterocycles. The maximum Gasteiger partial charge on any atom is 0.255 e. The average Bonchev–Trinajstić information content (AvgIpc) is 3.01. The molecule has 0 fully saturated rings. The van der Waals surface area contributed by atoms with E-state index in [1.54, 1.807) is 29.6 Å². The second-order valence-corrected chi connectivity index (χ2v) is 6.23. The van der Waals surface area contributed by atoms with Gasteiger partial charge in [-0.25, -0.2) is 4.68 Å². The number of carbonyl (C=O) groups excluding carboxylic acids is 1. The molecule has 0 bridgehead atoms. The second kappa shape index (κ2) is 9.84. The number of amides is 1. The molecule has 0 unspecified atom stereocenters. The molecule has 2 rings (SSSR count). The number of methoxy groups -OCH3 is 1. The van der Waals surface area contributed by atoms with Crippen LogP contribution in [0.1, 0.15) is 12.0 Å². The number of tetrazole rings is 1.